The molecule has 0 saturated carbocycles. The number of nitrogens with zero attached hydrogens (tertiary/aromatic N) is 1. The van der Waals surface area contributed by atoms with Crippen molar-refractivity contribution in [1.82, 2.24) is 4.90 Å². The molecule has 1 heterocycles. The maximum atomic E-state index is 10.6. The summed E-state index contributed by atoms with van der Waals surface area (Å²) in [5, 5.41) is 10.6. The van der Waals surface area contributed by atoms with Crippen molar-refractivity contribution in [2.24, 2.45) is 0 Å². The van der Waals surface area contributed by atoms with Gasteiger partial charge in [0.05, 0.1) is 38.6 Å². The van der Waals surface area contributed by atoms with Crippen LogP contribution in [0, 0.1) is 0 Å². The van der Waals surface area contributed by atoms with Gasteiger partial charge in [0.25, 0.3) is 0 Å². The predicted molar refractivity (Wildman–Crippen MR) is 147 cm³/mol. The van der Waals surface area contributed by atoms with Gasteiger partial charge in [-0.3, -0.25) is 4.90 Å². The molecule has 0 aromatic heterocycles. The van der Waals surface area contributed by atoms with Crippen LogP contribution in [-0.2, 0) is 34.0 Å². The van der Waals surface area contributed by atoms with Crippen molar-refractivity contribution in [2.45, 2.75) is 70.4 Å². The van der Waals surface area contributed by atoms with E-state index in [1.165, 1.54) is 0 Å². The third-order valence-corrected chi connectivity index (χ3v) is 7.07. The molecule has 1 saturated heterocycles. The highest BCUT2D eigenvalue weighted by molar-refractivity contribution is 5.16. The van der Waals surface area contributed by atoms with Crippen molar-refractivity contribution in [3.63, 3.8) is 0 Å². The smallest absolute Gasteiger partial charge is 0.113 e. The SMILES string of the molecule is CCCCCN1C[C@H](OCc2ccccc2)[C@@H](OCc2ccccc2)[C@H](OCc2ccccc2)[C@H]1CO. The number of aliphatic hydroxyl groups excluding tert-OH is 1. The molecule has 3 aromatic carbocycles. The van der Waals surface area contributed by atoms with Crippen LogP contribution in [0.3, 0.4) is 0 Å². The Morgan fingerprint density at radius 2 is 1.16 bits per heavy atom. The van der Waals surface area contributed by atoms with E-state index in [-0.39, 0.29) is 31.0 Å². The van der Waals surface area contributed by atoms with Gasteiger partial charge in [-0.1, -0.05) is 111 Å². The Bertz CT molecular complexity index is 1000. The van der Waals surface area contributed by atoms with Crippen LogP contribution in [0.1, 0.15) is 42.9 Å². The quantitative estimate of drug-likeness (QED) is 0.290. The molecule has 3 aromatic rings. The number of hydrogen-bond acceptors (Lipinski definition) is 5. The highest BCUT2D eigenvalue weighted by Crippen LogP contribution is 2.29. The zero-order chi connectivity index (χ0) is 25.7. The first-order valence-electron chi connectivity index (χ1n) is 13.6. The topological polar surface area (TPSA) is 51.2 Å². The minimum Gasteiger partial charge on any atom is -0.395 e. The molecular weight excluding hydrogens is 462 g/mol. The summed E-state index contributed by atoms with van der Waals surface area (Å²) in [7, 11) is 0. The zero-order valence-electron chi connectivity index (χ0n) is 22.0. The fraction of sp³-hybridized carbons (Fsp3) is 0.438. The molecule has 1 fully saturated rings. The Morgan fingerprint density at radius 3 is 1.65 bits per heavy atom. The van der Waals surface area contributed by atoms with E-state index in [1.54, 1.807) is 0 Å². The van der Waals surface area contributed by atoms with Crippen LogP contribution >= 0.6 is 0 Å². The third-order valence-electron chi connectivity index (χ3n) is 7.07. The van der Waals surface area contributed by atoms with Crippen LogP contribution in [0.4, 0.5) is 0 Å². The van der Waals surface area contributed by atoms with Gasteiger partial charge in [-0.2, -0.15) is 0 Å². The molecule has 4 rings (SSSR count). The van der Waals surface area contributed by atoms with E-state index in [1.807, 2.05) is 54.6 Å². The van der Waals surface area contributed by atoms with Crippen molar-refractivity contribution < 1.29 is 19.3 Å². The van der Waals surface area contributed by atoms with Crippen LogP contribution in [0.25, 0.3) is 0 Å². The van der Waals surface area contributed by atoms with Crippen LogP contribution < -0.4 is 0 Å². The Balaban J connectivity index is 1.57. The molecule has 37 heavy (non-hydrogen) atoms. The van der Waals surface area contributed by atoms with Crippen LogP contribution in [0.15, 0.2) is 91.0 Å². The lowest BCUT2D eigenvalue weighted by Crippen LogP contribution is -2.64. The minimum atomic E-state index is -0.329. The largest absolute Gasteiger partial charge is 0.395 e. The summed E-state index contributed by atoms with van der Waals surface area (Å²) >= 11 is 0. The molecule has 4 atom stereocenters. The van der Waals surface area contributed by atoms with Crippen LogP contribution in [0.2, 0.25) is 0 Å². The maximum absolute atomic E-state index is 10.6. The summed E-state index contributed by atoms with van der Waals surface area (Å²) < 4.78 is 19.7. The van der Waals surface area contributed by atoms with E-state index in [2.05, 4.69) is 48.2 Å². The van der Waals surface area contributed by atoms with Gasteiger partial charge < -0.3 is 19.3 Å². The highest BCUT2D eigenvalue weighted by atomic mass is 16.6. The van der Waals surface area contributed by atoms with Gasteiger partial charge >= 0.3 is 0 Å². The summed E-state index contributed by atoms with van der Waals surface area (Å²) in [6, 6.07) is 30.5. The van der Waals surface area contributed by atoms with E-state index in [0.29, 0.717) is 26.4 Å². The molecule has 5 heteroatoms. The van der Waals surface area contributed by atoms with Crippen LogP contribution in [-0.4, -0.2) is 54.1 Å². The zero-order valence-corrected chi connectivity index (χ0v) is 22.0. The maximum Gasteiger partial charge on any atom is 0.113 e. The lowest BCUT2D eigenvalue weighted by molar-refractivity contribution is -0.208. The van der Waals surface area contributed by atoms with Gasteiger partial charge in [-0.25, -0.2) is 0 Å². The molecular formula is C32H41NO4. The van der Waals surface area contributed by atoms with Gasteiger partial charge in [0.1, 0.15) is 12.2 Å². The number of aliphatic hydroxyl groups is 1. The minimum absolute atomic E-state index is 0.0161. The Morgan fingerprint density at radius 1 is 0.676 bits per heavy atom. The first-order valence-corrected chi connectivity index (χ1v) is 13.6. The van der Waals surface area contributed by atoms with E-state index in [0.717, 1.165) is 42.5 Å². The average Bonchev–Trinajstić information content (AvgIpc) is 2.96. The Hall–Kier alpha value is -2.54. The summed E-state index contributed by atoms with van der Waals surface area (Å²) in [6.45, 7) is 5.27. The molecule has 1 aliphatic rings. The number of benzene rings is 3. The lowest BCUT2D eigenvalue weighted by atomic mass is 9.92. The second-order valence-electron chi connectivity index (χ2n) is 9.81. The Kier molecular flexibility index (Phi) is 11.2. The van der Waals surface area contributed by atoms with E-state index < -0.39 is 0 Å². The van der Waals surface area contributed by atoms with Gasteiger partial charge in [0, 0.05) is 6.54 Å². The van der Waals surface area contributed by atoms with Crippen molar-refractivity contribution in [2.75, 3.05) is 19.7 Å². The number of piperidine rings is 1. The first-order chi connectivity index (χ1) is 18.3. The summed E-state index contributed by atoms with van der Waals surface area (Å²) in [6.07, 6.45) is 2.57. The van der Waals surface area contributed by atoms with Gasteiger partial charge in [-0.05, 0) is 29.7 Å². The number of unbranched alkanes of at least 4 members (excludes halogenated alkanes) is 2. The van der Waals surface area contributed by atoms with Crippen molar-refractivity contribution in [3.8, 4) is 0 Å². The van der Waals surface area contributed by atoms with Crippen molar-refractivity contribution in [3.05, 3.63) is 108 Å². The number of rotatable bonds is 14. The van der Waals surface area contributed by atoms with Crippen LogP contribution in [0.5, 0.6) is 0 Å². The molecule has 1 N–H and O–H groups in total. The molecule has 0 unspecified atom stereocenters. The molecule has 0 bridgehead atoms. The van der Waals surface area contributed by atoms with Crippen molar-refractivity contribution in [1.29, 1.82) is 0 Å². The first kappa shape index (κ1) is 27.5. The highest BCUT2D eigenvalue weighted by Gasteiger charge is 2.45. The fourth-order valence-electron chi connectivity index (χ4n) is 5.02. The fourth-order valence-corrected chi connectivity index (χ4v) is 5.02. The number of ether oxygens (including phenoxy) is 3. The third kappa shape index (κ3) is 8.22. The van der Waals surface area contributed by atoms with Gasteiger partial charge in [0.15, 0.2) is 0 Å². The molecule has 0 aliphatic carbocycles. The monoisotopic (exact) mass is 503 g/mol. The normalized spacial score (nSPS) is 22.2. The molecule has 1 aliphatic heterocycles. The summed E-state index contributed by atoms with van der Waals surface area (Å²) in [5.41, 5.74) is 3.34. The summed E-state index contributed by atoms with van der Waals surface area (Å²) in [5.74, 6) is 0. The molecule has 0 amide bonds. The number of hydrogen-bond donors (Lipinski definition) is 1. The lowest BCUT2D eigenvalue weighted by Gasteiger charge is -2.48. The number of likely N-dealkylation sites (tertiary alicyclic amines) is 1. The second kappa shape index (κ2) is 15.0. The Labute approximate surface area is 222 Å². The molecule has 198 valence electrons. The van der Waals surface area contributed by atoms with Gasteiger partial charge in [-0.15, -0.1) is 0 Å². The second-order valence-corrected chi connectivity index (χ2v) is 9.81. The van der Waals surface area contributed by atoms with E-state index >= 15 is 0 Å². The predicted octanol–water partition coefficient (Wildman–Crippen LogP) is 5.61. The van der Waals surface area contributed by atoms with Crippen molar-refractivity contribution >= 4 is 0 Å². The average molecular weight is 504 g/mol. The van der Waals surface area contributed by atoms with Gasteiger partial charge in [0.2, 0.25) is 0 Å². The molecule has 0 radical (unpaired) electrons. The molecule has 0 spiro atoms. The standard InChI is InChI=1S/C32H41NO4/c1-2-3-13-20-33-21-30(35-23-26-14-7-4-8-15-26)32(37-25-28-18-11-6-12-19-28)31(29(33)22-34)36-24-27-16-9-5-10-17-27/h4-12,14-19,29-32,34H,2-3,13,20-25H2,1H3/t29-,30+,31-,32-/m1/s1. The molecule has 5 nitrogen and oxygen atoms in total. The van der Waals surface area contributed by atoms with E-state index in [9.17, 15) is 5.11 Å². The van der Waals surface area contributed by atoms with E-state index in [4.69, 9.17) is 14.2 Å². The summed E-state index contributed by atoms with van der Waals surface area (Å²) in [4.78, 5) is 2.35.